The second-order valence-corrected chi connectivity index (χ2v) is 3.44. The van der Waals surface area contributed by atoms with Crippen LogP contribution in [0.15, 0.2) is 16.7 Å². The maximum atomic E-state index is 9.60. The minimum Gasteiger partial charge on any atom is -0.506 e. The Labute approximate surface area is 94.5 Å². The number of phenolic OH excluding ortho intramolecular Hbond substituents is 3. The third kappa shape index (κ3) is 1.49. The highest BCUT2D eigenvalue weighted by Crippen LogP contribution is 2.46. The number of phenols is 3. The van der Waals surface area contributed by atoms with Crippen molar-refractivity contribution in [3.05, 3.63) is 17.2 Å². The molecule has 84 valence electrons. The van der Waals surface area contributed by atoms with Crippen molar-refractivity contribution in [3.63, 3.8) is 0 Å². The molecule has 2 aromatic rings. The van der Waals surface area contributed by atoms with E-state index in [1.165, 1.54) is 6.07 Å². The van der Waals surface area contributed by atoms with E-state index in [-0.39, 0.29) is 27.9 Å². The molecule has 0 bridgehead atoms. The zero-order chi connectivity index (χ0) is 11.9. The Bertz CT molecular complexity index is 526. The van der Waals surface area contributed by atoms with Gasteiger partial charge in [0.1, 0.15) is 11.4 Å². The average Bonchev–Trinajstić information content (AvgIpc) is 2.62. The van der Waals surface area contributed by atoms with Crippen molar-refractivity contribution in [1.29, 1.82) is 0 Å². The second kappa shape index (κ2) is 3.49. The molecular weight excluding hydrogens is 236 g/mol. The highest BCUT2D eigenvalue weighted by atomic mass is 35.5. The first-order valence-electron chi connectivity index (χ1n) is 4.16. The summed E-state index contributed by atoms with van der Waals surface area (Å²) in [6, 6.07) is 2.23. The number of anilines is 1. The number of aromatic nitrogens is 1. The maximum absolute atomic E-state index is 9.60. The van der Waals surface area contributed by atoms with Gasteiger partial charge in [-0.25, -0.2) is 0 Å². The summed E-state index contributed by atoms with van der Waals surface area (Å²) in [7, 11) is 0. The zero-order valence-electron chi connectivity index (χ0n) is 7.81. The van der Waals surface area contributed by atoms with Crippen LogP contribution in [0.2, 0.25) is 5.02 Å². The molecule has 7 heteroatoms. The molecule has 0 radical (unpaired) electrons. The Balaban J connectivity index is 2.73. The van der Waals surface area contributed by atoms with Crippen LogP contribution in [-0.2, 0) is 0 Å². The maximum Gasteiger partial charge on any atom is 0.222 e. The van der Waals surface area contributed by atoms with Crippen LogP contribution >= 0.6 is 11.6 Å². The van der Waals surface area contributed by atoms with Gasteiger partial charge in [0, 0.05) is 12.1 Å². The van der Waals surface area contributed by atoms with E-state index in [1.807, 2.05) is 0 Å². The Morgan fingerprint density at radius 2 is 1.88 bits per heavy atom. The molecule has 0 saturated heterocycles. The summed E-state index contributed by atoms with van der Waals surface area (Å²) < 4.78 is 4.60. The van der Waals surface area contributed by atoms with Crippen molar-refractivity contribution in [2.45, 2.75) is 0 Å². The molecule has 5 N–H and O–H groups in total. The van der Waals surface area contributed by atoms with E-state index >= 15 is 0 Å². The molecule has 2 rings (SSSR count). The molecule has 1 heterocycles. The first-order valence-corrected chi connectivity index (χ1v) is 4.54. The van der Waals surface area contributed by atoms with Crippen LogP contribution in [-0.4, -0.2) is 20.5 Å². The summed E-state index contributed by atoms with van der Waals surface area (Å²) in [5.74, 6) is -1.38. The van der Waals surface area contributed by atoms with Crippen molar-refractivity contribution in [2.24, 2.45) is 0 Å². The topological polar surface area (TPSA) is 113 Å². The van der Waals surface area contributed by atoms with Gasteiger partial charge in [0.15, 0.2) is 11.5 Å². The van der Waals surface area contributed by atoms with Crippen LogP contribution in [0.5, 0.6) is 17.2 Å². The molecule has 16 heavy (non-hydrogen) atoms. The van der Waals surface area contributed by atoms with Gasteiger partial charge in [-0.1, -0.05) is 16.8 Å². The van der Waals surface area contributed by atoms with Crippen molar-refractivity contribution in [2.75, 3.05) is 5.73 Å². The van der Waals surface area contributed by atoms with Gasteiger partial charge in [0.2, 0.25) is 5.88 Å². The van der Waals surface area contributed by atoms with Crippen LogP contribution in [0.4, 0.5) is 5.88 Å². The first-order chi connectivity index (χ1) is 7.50. The fourth-order valence-corrected chi connectivity index (χ4v) is 1.50. The average molecular weight is 243 g/mol. The summed E-state index contributed by atoms with van der Waals surface area (Å²) in [6.45, 7) is 0. The zero-order valence-corrected chi connectivity index (χ0v) is 8.56. The molecule has 0 fully saturated rings. The van der Waals surface area contributed by atoms with E-state index < -0.39 is 11.5 Å². The van der Waals surface area contributed by atoms with Gasteiger partial charge in [-0.2, -0.15) is 0 Å². The number of hydrogen-bond donors (Lipinski definition) is 4. The lowest BCUT2D eigenvalue weighted by molar-refractivity contribution is 0.397. The lowest BCUT2D eigenvalue weighted by Gasteiger charge is -2.07. The van der Waals surface area contributed by atoms with E-state index in [1.54, 1.807) is 0 Å². The fourth-order valence-electron chi connectivity index (χ4n) is 1.26. The fraction of sp³-hybridized carbons (Fsp3) is 0. The van der Waals surface area contributed by atoms with Crippen molar-refractivity contribution in [3.8, 4) is 28.5 Å². The molecule has 0 aliphatic carbocycles. The molecule has 0 spiro atoms. The Kier molecular flexibility index (Phi) is 2.28. The molecule has 1 aromatic heterocycles. The number of nitrogens with zero attached hydrogens (tertiary/aromatic N) is 1. The number of benzene rings is 1. The molecule has 0 aliphatic rings. The second-order valence-electron chi connectivity index (χ2n) is 3.07. The third-order valence-electron chi connectivity index (χ3n) is 1.98. The van der Waals surface area contributed by atoms with E-state index in [0.717, 1.165) is 6.07 Å². The molecule has 0 aliphatic heterocycles. The van der Waals surface area contributed by atoms with Gasteiger partial charge in [-0.3, -0.25) is 0 Å². The number of nitrogen functional groups attached to an aromatic ring is 1. The lowest BCUT2D eigenvalue weighted by atomic mass is 10.1. The van der Waals surface area contributed by atoms with Gasteiger partial charge in [-0.05, 0) is 0 Å². The monoisotopic (exact) mass is 242 g/mol. The lowest BCUT2D eigenvalue weighted by Crippen LogP contribution is -1.83. The Morgan fingerprint density at radius 3 is 2.44 bits per heavy atom. The van der Waals surface area contributed by atoms with E-state index in [9.17, 15) is 15.3 Å². The number of halogens is 1. The van der Waals surface area contributed by atoms with E-state index in [0.29, 0.717) is 0 Å². The van der Waals surface area contributed by atoms with Crippen molar-refractivity contribution < 1.29 is 19.8 Å². The number of nitrogens with two attached hydrogens (primary N) is 1. The van der Waals surface area contributed by atoms with Gasteiger partial charge < -0.3 is 25.6 Å². The van der Waals surface area contributed by atoms with Crippen LogP contribution in [0.25, 0.3) is 11.3 Å². The highest BCUT2D eigenvalue weighted by Gasteiger charge is 2.20. The van der Waals surface area contributed by atoms with Crippen LogP contribution in [0.1, 0.15) is 0 Å². The quantitative estimate of drug-likeness (QED) is 0.447. The summed E-state index contributed by atoms with van der Waals surface area (Å²) in [5, 5.41) is 31.7. The van der Waals surface area contributed by atoms with E-state index in [2.05, 4.69) is 9.68 Å². The molecule has 6 nitrogen and oxygen atoms in total. The number of hydrogen-bond acceptors (Lipinski definition) is 6. The summed E-state index contributed by atoms with van der Waals surface area (Å²) in [6.07, 6.45) is 0. The molecule has 0 atom stereocenters. The normalized spacial score (nSPS) is 10.6. The largest absolute Gasteiger partial charge is 0.506 e. The number of rotatable bonds is 1. The molecule has 1 aromatic carbocycles. The van der Waals surface area contributed by atoms with Gasteiger partial charge in [-0.15, -0.1) is 0 Å². The number of aromatic hydroxyl groups is 3. The molecule has 0 unspecified atom stereocenters. The molecule has 0 amide bonds. The van der Waals surface area contributed by atoms with Gasteiger partial charge >= 0.3 is 0 Å². The van der Waals surface area contributed by atoms with Gasteiger partial charge in [0.25, 0.3) is 0 Å². The standard InChI is InChI=1S/C9H7ClN2O4/c10-8-4(13)2-5(14)9(15)7(8)3-1-6(11)16-12-3/h1-2,13-15H,11H2. The predicted molar refractivity (Wildman–Crippen MR) is 56.4 cm³/mol. The Hall–Kier alpha value is -2.08. The SMILES string of the molecule is Nc1cc(-c2c(O)c(O)cc(O)c2Cl)no1. The predicted octanol–water partition coefficient (Wildman–Crippen LogP) is 1.69. The smallest absolute Gasteiger partial charge is 0.222 e. The summed E-state index contributed by atoms with van der Waals surface area (Å²) >= 11 is 5.77. The molecular formula is C9H7ClN2O4. The summed E-state index contributed by atoms with van der Waals surface area (Å²) in [4.78, 5) is 0. The summed E-state index contributed by atoms with van der Waals surface area (Å²) in [5.41, 5.74) is 5.39. The van der Waals surface area contributed by atoms with Crippen LogP contribution in [0, 0.1) is 0 Å². The minimum absolute atomic E-state index is 0.0216. The van der Waals surface area contributed by atoms with Gasteiger partial charge in [0.05, 0.1) is 10.6 Å². The highest BCUT2D eigenvalue weighted by molar-refractivity contribution is 6.35. The minimum atomic E-state index is -0.515. The first kappa shape index (κ1) is 10.4. The van der Waals surface area contributed by atoms with Crippen molar-refractivity contribution in [1.82, 2.24) is 5.16 Å². The van der Waals surface area contributed by atoms with E-state index in [4.69, 9.17) is 17.3 Å². The third-order valence-corrected chi connectivity index (χ3v) is 2.36. The van der Waals surface area contributed by atoms with Crippen LogP contribution in [0.3, 0.4) is 0 Å². The van der Waals surface area contributed by atoms with Crippen molar-refractivity contribution >= 4 is 17.5 Å². The van der Waals surface area contributed by atoms with Crippen LogP contribution < -0.4 is 5.73 Å². The molecule has 0 saturated carbocycles. The Morgan fingerprint density at radius 1 is 1.19 bits per heavy atom.